The molecule has 0 unspecified atom stereocenters. The summed E-state index contributed by atoms with van der Waals surface area (Å²) in [6, 6.07) is 9.25. The number of carbonyl (C=O) groups is 2. The van der Waals surface area contributed by atoms with Crippen molar-refractivity contribution in [3.8, 4) is 0 Å². The number of aromatic nitrogens is 1. The van der Waals surface area contributed by atoms with Gasteiger partial charge in [-0.2, -0.15) is 0 Å². The molecule has 2 aromatic rings. The molecule has 0 aliphatic rings. The Bertz CT molecular complexity index is 635. The lowest BCUT2D eigenvalue weighted by atomic mass is 10.1. The maximum Gasteiger partial charge on any atom is 0.305 e. The molecular formula is C16H18N2O3. The lowest BCUT2D eigenvalue weighted by Crippen LogP contribution is -2.25. The highest BCUT2D eigenvalue weighted by molar-refractivity contribution is 6.05. The van der Waals surface area contributed by atoms with Crippen molar-refractivity contribution >= 4 is 22.8 Å². The van der Waals surface area contributed by atoms with Crippen LogP contribution in [0.3, 0.4) is 0 Å². The largest absolute Gasteiger partial charge is 0.466 e. The number of rotatable bonds is 6. The van der Waals surface area contributed by atoms with Gasteiger partial charge >= 0.3 is 5.97 Å². The molecule has 0 saturated carbocycles. The fourth-order valence-electron chi connectivity index (χ4n) is 2.05. The van der Waals surface area contributed by atoms with E-state index in [9.17, 15) is 9.59 Å². The third kappa shape index (κ3) is 4.02. The summed E-state index contributed by atoms with van der Waals surface area (Å²) >= 11 is 0. The topological polar surface area (TPSA) is 68.3 Å². The fraction of sp³-hybridized carbons (Fsp3) is 0.312. The highest BCUT2D eigenvalue weighted by Crippen LogP contribution is 2.15. The fourth-order valence-corrected chi connectivity index (χ4v) is 2.05. The summed E-state index contributed by atoms with van der Waals surface area (Å²) in [4.78, 5) is 27.6. The molecule has 0 aliphatic carbocycles. The van der Waals surface area contributed by atoms with Crippen molar-refractivity contribution in [2.75, 3.05) is 13.2 Å². The van der Waals surface area contributed by atoms with E-state index in [1.165, 1.54) is 0 Å². The molecule has 0 aliphatic heterocycles. The molecule has 1 amide bonds. The number of pyridine rings is 1. The first kappa shape index (κ1) is 15.0. The third-order valence-corrected chi connectivity index (χ3v) is 3.03. The van der Waals surface area contributed by atoms with E-state index in [4.69, 9.17) is 4.74 Å². The van der Waals surface area contributed by atoms with Gasteiger partial charge in [0.2, 0.25) is 0 Å². The standard InChI is InChI=1S/C16H18N2O3/c1-2-21-14(19)9-5-11-18-16(20)13-8-3-6-12-7-4-10-17-15(12)13/h3-4,6-8,10H,2,5,9,11H2,1H3,(H,18,20). The predicted molar refractivity (Wildman–Crippen MR) is 79.9 cm³/mol. The summed E-state index contributed by atoms with van der Waals surface area (Å²) in [7, 11) is 0. The Balaban J connectivity index is 1.92. The number of nitrogens with zero attached hydrogens (tertiary/aromatic N) is 1. The molecule has 0 radical (unpaired) electrons. The first-order valence-electron chi connectivity index (χ1n) is 7.00. The molecule has 21 heavy (non-hydrogen) atoms. The Labute approximate surface area is 123 Å². The summed E-state index contributed by atoms with van der Waals surface area (Å²) in [5.41, 5.74) is 1.23. The van der Waals surface area contributed by atoms with Crippen molar-refractivity contribution in [2.24, 2.45) is 0 Å². The molecule has 0 saturated heterocycles. The van der Waals surface area contributed by atoms with Gasteiger partial charge in [-0.25, -0.2) is 0 Å². The lowest BCUT2D eigenvalue weighted by molar-refractivity contribution is -0.143. The van der Waals surface area contributed by atoms with Gasteiger partial charge in [-0.05, 0) is 25.5 Å². The van der Waals surface area contributed by atoms with Crippen molar-refractivity contribution in [1.82, 2.24) is 10.3 Å². The number of para-hydroxylation sites is 1. The van der Waals surface area contributed by atoms with Gasteiger partial charge in [-0.3, -0.25) is 14.6 Å². The second-order valence-electron chi connectivity index (χ2n) is 4.55. The average molecular weight is 286 g/mol. The summed E-state index contributed by atoms with van der Waals surface area (Å²) in [6.07, 6.45) is 2.53. The summed E-state index contributed by atoms with van der Waals surface area (Å²) < 4.78 is 4.83. The second-order valence-corrected chi connectivity index (χ2v) is 4.55. The maximum absolute atomic E-state index is 12.2. The smallest absolute Gasteiger partial charge is 0.305 e. The van der Waals surface area contributed by atoms with Gasteiger partial charge in [0, 0.05) is 24.5 Å². The van der Waals surface area contributed by atoms with Gasteiger partial charge in [0.25, 0.3) is 5.91 Å². The first-order chi connectivity index (χ1) is 10.2. The zero-order valence-corrected chi connectivity index (χ0v) is 12.0. The van der Waals surface area contributed by atoms with E-state index >= 15 is 0 Å². The zero-order chi connectivity index (χ0) is 15.1. The molecular weight excluding hydrogens is 268 g/mol. The molecule has 0 fully saturated rings. The van der Waals surface area contributed by atoms with E-state index in [1.54, 1.807) is 19.2 Å². The molecule has 1 heterocycles. The van der Waals surface area contributed by atoms with Crippen LogP contribution >= 0.6 is 0 Å². The van der Waals surface area contributed by atoms with Crippen LogP contribution in [0.2, 0.25) is 0 Å². The SMILES string of the molecule is CCOC(=O)CCCNC(=O)c1cccc2cccnc12. The van der Waals surface area contributed by atoms with Gasteiger partial charge in [0.05, 0.1) is 17.7 Å². The van der Waals surface area contributed by atoms with Crippen LogP contribution in [-0.4, -0.2) is 30.0 Å². The van der Waals surface area contributed by atoms with Crippen LogP contribution < -0.4 is 5.32 Å². The van der Waals surface area contributed by atoms with Crippen molar-refractivity contribution in [3.05, 3.63) is 42.1 Å². The Morgan fingerprint density at radius 1 is 1.24 bits per heavy atom. The molecule has 1 N–H and O–H groups in total. The van der Waals surface area contributed by atoms with E-state index in [0.29, 0.717) is 37.1 Å². The molecule has 1 aromatic carbocycles. The average Bonchev–Trinajstić information content (AvgIpc) is 2.51. The maximum atomic E-state index is 12.2. The molecule has 0 spiro atoms. The number of ether oxygens (including phenoxy) is 1. The van der Waals surface area contributed by atoms with Gasteiger partial charge in [-0.15, -0.1) is 0 Å². The van der Waals surface area contributed by atoms with Crippen LogP contribution in [0.4, 0.5) is 0 Å². The Morgan fingerprint density at radius 3 is 2.86 bits per heavy atom. The van der Waals surface area contributed by atoms with Crippen LogP contribution in [0.15, 0.2) is 36.5 Å². The number of amides is 1. The molecule has 0 atom stereocenters. The lowest BCUT2D eigenvalue weighted by Gasteiger charge is -2.07. The van der Waals surface area contributed by atoms with Crippen molar-refractivity contribution < 1.29 is 14.3 Å². The monoisotopic (exact) mass is 286 g/mol. The zero-order valence-electron chi connectivity index (χ0n) is 12.0. The Kier molecular flexibility index (Phi) is 5.26. The van der Waals surface area contributed by atoms with E-state index in [0.717, 1.165) is 5.39 Å². The third-order valence-electron chi connectivity index (χ3n) is 3.03. The summed E-state index contributed by atoms with van der Waals surface area (Å²) in [5.74, 6) is -0.415. The number of esters is 1. The molecule has 110 valence electrons. The number of hydrogen-bond acceptors (Lipinski definition) is 4. The predicted octanol–water partition coefficient (Wildman–Crippen LogP) is 2.31. The summed E-state index contributed by atoms with van der Waals surface area (Å²) in [6.45, 7) is 2.58. The highest BCUT2D eigenvalue weighted by atomic mass is 16.5. The van der Waals surface area contributed by atoms with E-state index in [-0.39, 0.29) is 11.9 Å². The van der Waals surface area contributed by atoms with Crippen molar-refractivity contribution in [2.45, 2.75) is 19.8 Å². The van der Waals surface area contributed by atoms with Gasteiger partial charge in [0.1, 0.15) is 0 Å². The highest BCUT2D eigenvalue weighted by Gasteiger charge is 2.10. The quantitative estimate of drug-likeness (QED) is 0.653. The minimum absolute atomic E-state index is 0.178. The number of fused-ring (bicyclic) bond motifs is 1. The number of carbonyl (C=O) groups excluding carboxylic acids is 2. The van der Waals surface area contributed by atoms with E-state index in [1.807, 2.05) is 24.3 Å². The Hall–Kier alpha value is -2.43. The molecule has 5 nitrogen and oxygen atoms in total. The number of nitrogens with one attached hydrogen (secondary N) is 1. The van der Waals surface area contributed by atoms with Gasteiger partial charge in [-0.1, -0.05) is 18.2 Å². The van der Waals surface area contributed by atoms with Crippen LogP contribution in [0, 0.1) is 0 Å². The summed E-state index contributed by atoms with van der Waals surface area (Å²) in [5, 5.41) is 3.73. The molecule has 0 bridgehead atoms. The first-order valence-corrected chi connectivity index (χ1v) is 7.00. The molecule has 5 heteroatoms. The van der Waals surface area contributed by atoms with Crippen LogP contribution in [0.25, 0.3) is 10.9 Å². The van der Waals surface area contributed by atoms with Crippen LogP contribution in [0.5, 0.6) is 0 Å². The van der Waals surface area contributed by atoms with Gasteiger partial charge in [0.15, 0.2) is 0 Å². The normalized spacial score (nSPS) is 10.3. The minimum atomic E-state index is -0.237. The number of benzene rings is 1. The minimum Gasteiger partial charge on any atom is -0.466 e. The molecule has 2 rings (SSSR count). The van der Waals surface area contributed by atoms with E-state index < -0.39 is 0 Å². The van der Waals surface area contributed by atoms with Crippen molar-refractivity contribution in [1.29, 1.82) is 0 Å². The Morgan fingerprint density at radius 2 is 2.05 bits per heavy atom. The van der Waals surface area contributed by atoms with Crippen LogP contribution in [0.1, 0.15) is 30.1 Å². The van der Waals surface area contributed by atoms with E-state index in [2.05, 4.69) is 10.3 Å². The molecule has 1 aromatic heterocycles. The second kappa shape index (κ2) is 7.38. The van der Waals surface area contributed by atoms with Crippen molar-refractivity contribution in [3.63, 3.8) is 0 Å². The van der Waals surface area contributed by atoms with Crippen LogP contribution in [-0.2, 0) is 9.53 Å². The van der Waals surface area contributed by atoms with Gasteiger partial charge < -0.3 is 10.1 Å². The number of hydrogen-bond donors (Lipinski definition) is 1.